The molecule has 6 heteroatoms. The van der Waals surface area contributed by atoms with Crippen LogP contribution >= 0.6 is 0 Å². The van der Waals surface area contributed by atoms with Gasteiger partial charge >= 0.3 is 0 Å². The number of nitrogens with two attached hydrogens (primary N) is 2. The van der Waals surface area contributed by atoms with E-state index in [1.54, 1.807) is 11.3 Å². The molecule has 9 heavy (non-hydrogen) atoms. The minimum Gasteiger partial charge on any atom is -0.272 e. The van der Waals surface area contributed by atoms with Crippen LogP contribution in [0.5, 0.6) is 0 Å². The molecule has 0 atom stereocenters. The van der Waals surface area contributed by atoms with E-state index in [4.69, 9.17) is 11.7 Å². The SMILES string of the molecule is NNN(N)N1C=NCC1. The summed E-state index contributed by atoms with van der Waals surface area (Å²) in [6.45, 7) is 1.55. The molecule has 1 rings (SSSR count). The van der Waals surface area contributed by atoms with Crippen molar-refractivity contribution in [2.24, 2.45) is 16.7 Å². The minimum absolute atomic E-state index is 0.773. The van der Waals surface area contributed by atoms with E-state index < -0.39 is 0 Å². The highest BCUT2D eigenvalue weighted by molar-refractivity contribution is 5.55. The van der Waals surface area contributed by atoms with Gasteiger partial charge in [-0.25, -0.2) is 5.84 Å². The van der Waals surface area contributed by atoms with Gasteiger partial charge in [0.1, 0.15) is 6.34 Å². The van der Waals surface area contributed by atoms with Gasteiger partial charge in [-0.3, -0.25) is 15.8 Å². The molecule has 0 aromatic rings. The molecular formula is C3H10N6. The zero-order valence-electron chi connectivity index (χ0n) is 4.99. The molecule has 0 aromatic heterocycles. The van der Waals surface area contributed by atoms with Crippen LogP contribution in [0.15, 0.2) is 4.99 Å². The summed E-state index contributed by atoms with van der Waals surface area (Å²) in [5.74, 6) is 10.3. The van der Waals surface area contributed by atoms with Crippen molar-refractivity contribution in [1.82, 2.24) is 15.8 Å². The van der Waals surface area contributed by atoms with E-state index in [0.717, 1.165) is 13.1 Å². The lowest BCUT2D eigenvalue weighted by molar-refractivity contribution is 0.00104. The van der Waals surface area contributed by atoms with Gasteiger partial charge in [-0.15, -0.1) is 0 Å². The fourth-order valence-corrected chi connectivity index (χ4v) is 0.607. The Morgan fingerprint density at radius 2 is 2.56 bits per heavy atom. The van der Waals surface area contributed by atoms with Crippen LogP contribution in [-0.2, 0) is 0 Å². The predicted molar refractivity (Wildman–Crippen MR) is 33.4 cm³/mol. The van der Waals surface area contributed by atoms with Crippen molar-refractivity contribution in [3.63, 3.8) is 0 Å². The van der Waals surface area contributed by atoms with Gasteiger partial charge in [-0.05, 0) is 0 Å². The Balaban J connectivity index is 2.33. The highest BCUT2D eigenvalue weighted by atomic mass is 16.0. The van der Waals surface area contributed by atoms with Crippen molar-refractivity contribution in [2.45, 2.75) is 0 Å². The second kappa shape index (κ2) is 2.74. The van der Waals surface area contributed by atoms with Crippen LogP contribution in [0.3, 0.4) is 0 Å². The Morgan fingerprint density at radius 1 is 1.78 bits per heavy atom. The lowest BCUT2D eigenvalue weighted by Crippen LogP contribution is -2.57. The molecule has 0 aromatic carbocycles. The first-order valence-corrected chi connectivity index (χ1v) is 2.62. The third-order valence-electron chi connectivity index (χ3n) is 1.08. The Labute approximate surface area is 53.0 Å². The fraction of sp³-hybridized carbons (Fsp3) is 0.667. The maximum atomic E-state index is 5.31. The van der Waals surface area contributed by atoms with Crippen LogP contribution in [-0.4, -0.2) is 29.7 Å². The normalized spacial score (nSPS) is 17.9. The third kappa shape index (κ3) is 1.36. The molecule has 1 aliphatic heterocycles. The number of nitrogens with zero attached hydrogens (tertiary/aromatic N) is 3. The molecule has 0 radical (unpaired) electrons. The molecular weight excluding hydrogens is 120 g/mol. The number of hydrazine groups is 4. The van der Waals surface area contributed by atoms with Crippen LogP contribution in [0, 0.1) is 0 Å². The van der Waals surface area contributed by atoms with Crippen LogP contribution in [0.1, 0.15) is 0 Å². The molecule has 0 unspecified atom stereocenters. The highest BCUT2D eigenvalue weighted by Gasteiger charge is 2.08. The third-order valence-corrected chi connectivity index (χ3v) is 1.08. The van der Waals surface area contributed by atoms with Gasteiger partial charge in [-0.1, -0.05) is 5.23 Å². The monoisotopic (exact) mass is 130 g/mol. The summed E-state index contributed by atoms with van der Waals surface area (Å²) in [5.41, 5.74) is 2.25. The maximum Gasteiger partial charge on any atom is 0.102 e. The topological polar surface area (TPSA) is 82.9 Å². The van der Waals surface area contributed by atoms with Gasteiger partial charge in [0.05, 0.1) is 13.1 Å². The molecule has 0 fully saturated rings. The van der Waals surface area contributed by atoms with Crippen molar-refractivity contribution in [2.75, 3.05) is 13.1 Å². The summed E-state index contributed by atoms with van der Waals surface area (Å²) in [6.07, 6.45) is 1.62. The summed E-state index contributed by atoms with van der Waals surface area (Å²) in [5, 5.41) is 2.84. The minimum atomic E-state index is 0.773. The van der Waals surface area contributed by atoms with Gasteiger partial charge in [0, 0.05) is 0 Å². The van der Waals surface area contributed by atoms with Crippen LogP contribution < -0.4 is 17.2 Å². The van der Waals surface area contributed by atoms with E-state index in [-0.39, 0.29) is 0 Å². The lowest BCUT2D eigenvalue weighted by atomic mass is 10.7. The summed E-state index contributed by atoms with van der Waals surface area (Å²) in [4.78, 5) is 3.92. The molecule has 52 valence electrons. The van der Waals surface area contributed by atoms with E-state index >= 15 is 0 Å². The zero-order chi connectivity index (χ0) is 6.69. The largest absolute Gasteiger partial charge is 0.272 e. The summed E-state index contributed by atoms with van der Waals surface area (Å²) in [6, 6.07) is 0. The van der Waals surface area contributed by atoms with E-state index in [2.05, 4.69) is 10.5 Å². The molecule has 6 nitrogen and oxygen atoms in total. The van der Waals surface area contributed by atoms with E-state index in [9.17, 15) is 0 Å². The molecule has 1 aliphatic rings. The first-order valence-electron chi connectivity index (χ1n) is 2.62. The van der Waals surface area contributed by atoms with E-state index in [1.165, 1.54) is 5.23 Å². The Hall–Kier alpha value is -0.690. The van der Waals surface area contributed by atoms with E-state index in [0.29, 0.717) is 0 Å². The number of aliphatic imine (C=N–C) groups is 1. The zero-order valence-corrected chi connectivity index (χ0v) is 4.99. The van der Waals surface area contributed by atoms with Gasteiger partial charge in [0.2, 0.25) is 0 Å². The molecule has 0 spiro atoms. The number of hydrogen-bond donors (Lipinski definition) is 3. The van der Waals surface area contributed by atoms with Crippen molar-refractivity contribution >= 4 is 6.34 Å². The van der Waals surface area contributed by atoms with Crippen LogP contribution in [0.2, 0.25) is 0 Å². The molecule has 5 N–H and O–H groups in total. The summed E-state index contributed by atoms with van der Waals surface area (Å²) < 4.78 is 0. The Morgan fingerprint density at radius 3 is 3.00 bits per heavy atom. The number of rotatable bonds is 2. The standard InChI is InChI=1S/C3H10N6/c4-7-9(5)8-2-1-6-3-8/h3,7H,1-2,4-5H2. The number of nitrogens with one attached hydrogen (secondary N) is 1. The second-order valence-electron chi connectivity index (χ2n) is 1.66. The van der Waals surface area contributed by atoms with Gasteiger partial charge in [0.15, 0.2) is 0 Å². The van der Waals surface area contributed by atoms with Crippen LogP contribution in [0.4, 0.5) is 0 Å². The smallest absolute Gasteiger partial charge is 0.102 e. The second-order valence-corrected chi connectivity index (χ2v) is 1.66. The van der Waals surface area contributed by atoms with Crippen LogP contribution in [0.25, 0.3) is 0 Å². The average molecular weight is 130 g/mol. The highest BCUT2D eigenvalue weighted by Crippen LogP contribution is 1.90. The Bertz CT molecular complexity index is 111. The van der Waals surface area contributed by atoms with Gasteiger partial charge in [0.25, 0.3) is 0 Å². The molecule has 0 amide bonds. The Kier molecular flexibility index (Phi) is 1.96. The quantitative estimate of drug-likeness (QED) is 0.292. The van der Waals surface area contributed by atoms with Gasteiger partial charge in [-0.2, -0.15) is 5.53 Å². The lowest BCUT2D eigenvalue weighted by Gasteiger charge is -2.23. The molecule has 0 aliphatic carbocycles. The average Bonchev–Trinajstić information content (AvgIpc) is 2.37. The fourth-order valence-electron chi connectivity index (χ4n) is 0.607. The molecule has 1 heterocycles. The van der Waals surface area contributed by atoms with Gasteiger partial charge < -0.3 is 0 Å². The first kappa shape index (κ1) is 6.43. The van der Waals surface area contributed by atoms with Crippen molar-refractivity contribution < 1.29 is 0 Å². The maximum absolute atomic E-state index is 5.31. The molecule has 0 bridgehead atoms. The first-order chi connectivity index (χ1) is 4.34. The van der Waals surface area contributed by atoms with Crippen molar-refractivity contribution in [1.29, 1.82) is 0 Å². The predicted octanol–water partition coefficient (Wildman–Crippen LogP) is -2.20. The number of hydrogen-bond acceptors (Lipinski definition) is 6. The molecule has 0 saturated carbocycles. The van der Waals surface area contributed by atoms with E-state index in [1.807, 2.05) is 0 Å². The van der Waals surface area contributed by atoms with Crippen molar-refractivity contribution in [3.8, 4) is 0 Å². The van der Waals surface area contributed by atoms with Crippen molar-refractivity contribution in [3.05, 3.63) is 0 Å². The summed E-state index contributed by atoms with van der Waals surface area (Å²) >= 11 is 0. The molecule has 0 saturated heterocycles. The summed E-state index contributed by atoms with van der Waals surface area (Å²) in [7, 11) is 0.